The normalized spacial score (nSPS) is 16.7. The Morgan fingerprint density at radius 1 is 1.29 bits per heavy atom. The van der Waals surface area contributed by atoms with Crippen LogP contribution in [0.15, 0.2) is 40.4 Å². The molecule has 0 spiro atoms. The Morgan fingerprint density at radius 2 is 2.14 bits per heavy atom. The van der Waals surface area contributed by atoms with Crippen molar-refractivity contribution in [2.75, 3.05) is 5.75 Å². The predicted octanol–water partition coefficient (Wildman–Crippen LogP) is 4.01. The van der Waals surface area contributed by atoms with Gasteiger partial charge in [-0.25, -0.2) is 4.99 Å². The SMILES string of the molecule is Cc1cc(C2=NNC(=Nc3cccc(Cl)c3)SC2)c(C)[nH]1. The fourth-order valence-electron chi connectivity index (χ4n) is 2.20. The Labute approximate surface area is 132 Å². The first-order valence-corrected chi connectivity index (χ1v) is 7.94. The van der Waals surface area contributed by atoms with Gasteiger partial charge in [-0.05, 0) is 38.1 Å². The molecule has 1 aromatic carbocycles. The molecule has 1 aliphatic rings. The number of amidine groups is 1. The Morgan fingerprint density at radius 3 is 2.76 bits per heavy atom. The molecule has 3 rings (SSSR count). The van der Waals surface area contributed by atoms with E-state index in [1.165, 1.54) is 0 Å². The Hall–Kier alpha value is -1.72. The fourth-order valence-corrected chi connectivity index (χ4v) is 3.16. The van der Waals surface area contributed by atoms with Crippen LogP contribution in [0.3, 0.4) is 0 Å². The van der Waals surface area contributed by atoms with E-state index in [-0.39, 0.29) is 0 Å². The van der Waals surface area contributed by atoms with Crippen molar-refractivity contribution in [3.05, 3.63) is 52.3 Å². The molecule has 0 saturated carbocycles. The van der Waals surface area contributed by atoms with Crippen molar-refractivity contribution in [3.8, 4) is 0 Å². The topological polar surface area (TPSA) is 52.5 Å². The van der Waals surface area contributed by atoms with Gasteiger partial charge in [-0.3, -0.25) is 5.43 Å². The molecule has 0 atom stereocenters. The maximum absolute atomic E-state index is 5.96. The summed E-state index contributed by atoms with van der Waals surface area (Å²) in [5.74, 6) is 0.796. The number of benzene rings is 1. The van der Waals surface area contributed by atoms with Gasteiger partial charge in [-0.2, -0.15) is 5.10 Å². The third-order valence-electron chi connectivity index (χ3n) is 3.13. The van der Waals surface area contributed by atoms with Gasteiger partial charge in [0.1, 0.15) is 0 Å². The molecule has 2 heterocycles. The summed E-state index contributed by atoms with van der Waals surface area (Å²) in [5, 5.41) is 5.90. The predicted molar refractivity (Wildman–Crippen MR) is 90.9 cm³/mol. The van der Waals surface area contributed by atoms with Crippen LogP contribution in [0.1, 0.15) is 17.0 Å². The third-order valence-corrected chi connectivity index (χ3v) is 4.24. The number of aryl methyl sites for hydroxylation is 2. The monoisotopic (exact) mass is 318 g/mol. The first kappa shape index (κ1) is 14.2. The van der Waals surface area contributed by atoms with Gasteiger partial charge in [0.2, 0.25) is 0 Å². The van der Waals surface area contributed by atoms with E-state index >= 15 is 0 Å². The molecule has 0 bridgehead atoms. The summed E-state index contributed by atoms with van der Waals surface area (Å²) in [4.78, 5) is 7.80. The standard InChI is InChI=1S/C15H15ClN4S/c1-9-6-13(10(2)17-9)14-8-21-15(20-19-14)18-12-5-3-4-11(16)7-12/h3-7,17H,8H2,1-2H3,(H,18,20). The van der Waals surface area contributed by atoms with Crippen LogP contribution in [0.2, 0.25) is 5.02 Å². The smallest absolute Gasteiger partial charge is 0.182 e. The molecular weight excluding hydrogens is 304 g/mol. The number of H-pyrrole nitrogens is 1. The molecular formula is C15H15ClN4S. The Bertz CT molecular complexity index is 733. The molecule has 108 valence electrons. The van der Waals surface area contributed by atoms with Crippen LogP contribution in [0.5, 0.6) is 0 Å². The lowest BCUT2D eigenvalue weighted by Crippen LogP contribution is -2.25. The largest absolute Gasteiger partial charge is 0.362 e. The second kappa shape index (κ2) is 5.95. The number of thioether (sulfide) groups is 1. The van der Waals surface area contributed by atoms with Crippen molar-refractivity contribution in [1.82, 2.24) is 10.4 Å². The van der Waals surface area contributed by atoms with Crippen LogP contribution in [0.4, 0.5) is 5.69 Å². The maximum Gasteiger partial charge on any atom is 0.182 e. The van der Waals surface area contributed by atoms with E-state index in [1.54, 1.807) is 11.8 Å². The maximum atomic E-state index is 5.96. The molecule has 2 aromatic rings. The van der Waals surface area contributed by atoms with Gasteiger partial charge < -0.3 is 4.98 Å². The van der Waals surface area contributed by atoms with E-state index in [2.05, 4.69) is 33.5 Å². The van der Waals surface area contributed by atoms with Gasteiger partial charge in [0, 0.05) is 27.7 Å². The molecule has 6 heteroatoms. The van der Waals surface area contributed by atoms with Gasteiger partial charge in [-0.1, -0.05) is 29.4 Å². The number of aromatic amines is 1. The minimum atomic E-state index is 0.681. The lowest BCUT2D eigenvalue weighted by Gasteiger charge is -2.14. The van der Waals surface area contributed by atoms with Gasteiger partial charge in [0.15, 0.2) is 5.17 Å². The van der Waals surface area contributed by atoms with Gasteiger partial charge >= 0.3 is 0 Å². The van der Waals surface area contributed by atoms with Crippen molar-refractivity contribution in [3.63, 3.8) is 0 Å². The zero-order valence-electron chi connectivity index (χ0n) is 11.8. The summed E-state index contributed by atoms with van der Waals surface area (Å²) in [6.45, 7) is 4.11. The van der Waals surface area contributed by atoms with Gasteiger partial charge in [-0.15, -0.1) is 0 Å². The van der Waals surface area contributed by atoms with E-state index in [1.807, 2.05) is 31.2 Å². The van der Waals surface area contributed by atoms with Crippen LogP contribution >= 0.6 is 23.4 Å². The van der Waals surface area contributed by atoms with E-state index in [0.29, 0.717) is 5.02 Å². The highest BCUT2D eigenvalue weighted by Gasteiger charge is 2.16. The number of hydrogen-bond acceptors (Lipinski definition) is 3. The molecule has 4 nitrogen and oxygen atoms in total. The molecule has 1 aromatic heterocycles. The lowest BCUT2D eigenvalue weighted by molar-refractivity contribution is 1.03. The van der Waals surface area contributed by atoms with E-state index in [9.17, 15) is 0 Å². The molecule has 1 aliphatic heterocycles. The van der Waals surface area contributed by atoms with Gasteiger partial charge in [0.25, 0.3) is 0 Å². The highest BCUT2D eigenvalue weighted by molar-refractivity contribution is 8.14. The second-order valence-corrected chi connectivity index (χ2v) is 6.25. The van der Waals surface area contributed by atoms with Crippen molar-refractivity contribution in [2.45, 2.75) is 13.8 Å². The number of hydrogen-bond donors (Lipinski definition) is 2. The van der Waals surface area contributed by atoms with E-state index < -0.39 is 0 Å². The van der Waals surface area contributed by atoms with E-state index in [4.69, 9.17) is 11.6 Å². The first-order valence-electron chi connectivity index (χ1n) is 6.58. The molecule has 21 heavy (non-hydrogen) atoms. The highest BCUT2D eigenvalue weighted by Crippen LogP contribution is 2.22. The fraction of sp³-hybridized carbons (Fsp3) is 0.200. The van der Waals surface area contributed by atoms with Crippen LogP contribution in [0, 0.1) is 13.8 Å². The average Bonchev–Trinajstić information content (AvgIpc) is 2.79. The quantitative estimate of drug-likeness (QED) is 0.879. The zero-order chi connectivity index (χ0) is 14.8. The first-order chi connectivity index (χ1) is 10.1. The van der Waals surface area contributed by atoms with Crippen LogP contribution < -0.4 is 5.43 Å². The Balaban J connectivity index is 1.79. The minimum absolute atomic E-state index is 0.681. The number of nitrogens with zero attached hydrogens (tertiary/aromatic N) is 2. The highest BCUT2D eigenvalue weighted by atomic mass is 35.5. The van der Waals surface area contributed by atoms with Crippen LogP contribution in [-0.4, -0.2) is 21.6 Å². The van der Waals surface area contributed by atoms with Crippen LogP contribution in [0.25, 0.3) is 0 Å². The van der Waals surface area contributed by atoms with Gasteiger partial charge in [0.05, 0.1) is 11.4 Å². The van der Waals surface area contributed by atoms with Crippen LogP contribution in [-0.2, 0) is 0 Å². The second-order valence-electron chi connectivity index (χ2n) is 4.85. The molecule has 0 fully saturated rings. The molecule has 0 amide bonds. The molecule has 0 saturated heterocycles. The Kier molecular flexibility index (Phi) is 4.03. The van der Waals surface area contributed by atoms with Crippen molar-refractivity contribution < 1.29 is 0 Å². The number of rotatable bonds is 2. The van der Waals surface area contributed by atoms with Crippen molar-refractivity contribution in [2.24, 2.45) is 10.1 Å². The van der Waals surface area contributed by atoms with Crippen molar-refractivity contribution in [1.29, 1.82) is 0 Å². The summed E-state index contributed by atoms with van der Waals surface area (Å²) in [5.41, 5.74) is 8.32. The number of halogens is 1. The summed E-state index contributed by atoms with van der Waals surface area (Å²) in [6.07, 6.45) is 0. The average molecular weight is 319 g/mol. The van der Waals surface area contributed by atoms with Crippen molar-refractivity contribution >= 4 is 39.9 Å². The minimum Gasteiger partial charge on any atom is -0.362 e. The molecule has 0 unspecified atom stereocenters. The molecule has 0 radical (unpaired) electrons. The number of hydrazone groups is 1. The molecule has 2 N–H and O–H groups in total. The molecule has 0 aliphatic carbocycles. The number of aliphatic imine (C=N–C) groups is 1. The van der Waals surface area contributed by atoms with E-state index in [0.717, 1.165) is 39.3 Å². The summed E-state index contributed by atoms with van der Waals surface area (Å²) < 4.78 is 0. The lowest BCUT2D eigenvalue weighted by atomic mass is 10.1. The number of nitrogens with one attached hydrogen (secondary N) is 2. The summed E-state index contributed by atoms with van der Waals surface area (Å²) >= 11 is 7.59. The summed E-state index contributed by atoms with van der Waals surface area (Å²) in [6, 6.07) is 9.58. The number of aromatic nitrogens is 1. The zero-order valence-corrected chi connectivity index (χ0v) is 13.3. The summed E-state index contributed by atoms with van der Waals surface area (Å²) in [7, 11) is 0. The third kappa shape index (κ3) is 3.31.